The topological polar surface area (TPSA) is 29.5 Å². The van der Waals surface area contributed by atoms with E-state index in [1.807, 2.05) is 41.3 Å². The Kier molecular flexibility index (Phi) is 3.10. The van der Waals surface area contributed by atoms with E-state index in [4.69, 9.17) is 4.74 Å². The van der Waals surface area contributed by atoms with Gasteiger partial charge in [-0.25, -0.2) is 0 Å². The predicted octanol–water partition coefficient (Wildman–Crippen LogP) is 4.25. The summed E-state index contributed by atoms with van der Waals surface area (Å²) in [6, 6.07) is 16.1. The fourth-order valence-corrected chi connectivity index (χ4v) is 3.66. The number of benzene rings is 2. The number of rotatable bonds is 0. The van der Waals surface area contributed by atoms with Gasteiger partial charge in [0, 0.05) is 11.1 Å². The van der Waals surface area contributed by atoms with E-state index in [0.717, 1.165) is 22.3 Å². The minimum Gasteiger partial charge on any atom is -0.352 e. The number of nitrogens with zero attached hydrogens (tertiary/aromatic N) is 1. The highest BCUT2D eigenvalue weighted by molar-refractivity contribution is 6.03. The van der Waals surface area contributed by atoms with Gasteiger partial charge in [0.1, 0.15) is 0 Å². The normalized spacial score (nSPS) is 23.1. The maximum atomic E-state index is 13.3. The van der Waals surface area contributed by atoms with Crippen molar-refractivity contribution in [3.05, 3.63) is 59.7 Å². The van der Waals surface area contributed by atoms with Crippen LogP contribution in [0.3, 0.4) is 0 Å². The van der Waals surface area contributed by atoms with Crippen LogP contribution in [-0.4, -0.2) is 23.5 Å². The third kappa shape index (κ3) is 2.11. The molecule has 0 N–H and O–H groups in total. The summed E-state index contributed by atoms with van der Waals surface area (Å²) in [5.74, 6) is 0.0687. The molecule has 2 heterocycles. The molecule has 2 aliphatic heterocycles. The number of hydrogen-bond acceptors (Lipinski definition) is 2. The summed E-state index contributed by atoms with van der Waals surface area (Å²) in [6.45, 7) is 7.08. The maximum absolute atomic E-state index is 13.3. The lowest BCUT2D eigenvalue weighted by molar-refractivity contribution is 0.0210. The van der Waals surface area contributed by atoms with Crippen LogP contribution in [0.25, 0.3) is 11.1 Å². The molecule has 0 unspecified atom stereocenters. The Balaban J connectivity index is 1.97. The minimum atomic E-state index is -0.296. The van der Waals surface area contributed by atoms with Crippen LogP contribution in [0.2, 0.25) is 0 Å². The second kappa shape index (κ2) is 4.93. The molecule has 3 nitrogen and oxygen atoms in total. The van der Waals surface area contributed by atoms with Crippen LogP contribution in [0.15, 0.2) is 48.5 Å². The standard InChI is InChI=1S/C20H21NO2/c1-20(2,3)17-12-23-19-16-11-7-5-9-14(16)13-8-4-6-10-15(13)18(22)21(17)19/h4-11,17,19H,12H2,1-3H3/t17-,19-/m1/s1. The van der Waals surface area contributed by atoms with Gasteiger partial charge >= 0.3 is 0 Å². The summed E-state index contributed by atoms with van der Waals surface area (Å²) in [5, 5.41) is 0. The first kappa shape index (κ1) is 14.5. The zero-order valence-electron chi connectivity index (χ0n) is 13.7. The molecule has 118 valence electrons. The SMILES string of the molecule is CC(C)(C)[C@H]1CO[C@@H]2c3ccccc3-c3ccccc3C(=O)N21. The minimum absolute atomic E-state index is 0.0291. The lowest BCUT2D eigenvalue weighted by Crippen LogP contribution is -2.45. The van der Waals surface area contributed by atoms with Crippen LogP contribution in [0, 0.1) is 5.41 Å². The number of carbonyl (C=O) groups is 1. The van der Waals surface area contributed by atoms with Crippen LogP contribution in [0.5, 0.6) is 0 Å². The summed E-state index contributed by atoms with van der Waals surface area (Å²) >= 11 is 0. The van der Waals surface area contributed by atoms with Gasteiger partial charge in [0.15, 0.2) is 6.23 Å². The number of amides is 1. The molecule has 0 aliphatic carbocycles. The van der Waals surface area contributed by atoms with Gasteiger partial charge in [-0.2, -0.15) is 0 Å². The summed E-state index contributed by atoms with van der Waals surface area (Å²) in [7, 11) is 0. The van der Waals surface area contributed by atoms with E-state index in [2.05, 4.69) is 32.9 Å². The fraction of sp³-hybridized carbons (Fsp3) is 0.350. The van der Waals surface area contributed by atoms with Gasteiger partial charge in [-0.15, -0.1) is 0 Å². The largest absolute Gasteiger partial charge is 0.352 e. The molecule has 1 fully saturated rings. The Hall–Kier alpha value is -2.13. The molecule has 4 rings (SSSR count). The van der Waals surface area contributed by atoms with E-state index < -0.39 is 0 Å². The Labute approximate surface area is 136 Å². The summed E-state index contributed by atoms with van der Waals surface area (Å²) in [5.41, 5.74) is 3.91. The molecule has 2 aliphatic rings. The van der Waals surface area contributed by atoms with Gasteiger partial charge in [0.05, 0.1) is 12.6 Å². The van der Waals surface area contributed by atoms with E-state index in [1.165, 1.54) is 0 Å². The second-order valence-electron chi connectivity index (χ2n) is 7.41. The van der Waals surface area contributed by atoms with Crippen molar-refractivity contribution in [2.24, 2.45) is 5.41 Å². The number of fused-ring (bicyclic) bond motifs is 5. The Bertz CT molecular complexity index is 775. The van der Waals surface area contributed by atoms with E-state index in [-0.39, 0.29) is 23.6 Å². The molecule has 2 aromatic rings. The molecule has 1 amide bonds. The summed E-state index contributed by atoms with van der Waals surface area (Å²) in [6.07, 6.45) is -0.296. The highest BCUT2D eigenvalue weighted by Gasteiger charge is 2.47. The van der Waals surface area contributed by atoms with Gasteiger partial charge < -0.3 is 9.64 Å². The van der Waals surface area contributed by atoms with Crippen molar-refractivity contribution in [2.75, 3.05) is 6.61 Å². The lowest BCUT2D eigenvalue weighted by Gasteiger charge is -2.35. The summed E-state index contributed by atoms with van der Waals surface area (Å²) in [4.78, 5) is 15.2. The van der Waals surface area contributed by atoms with Gasteiger partial charge in [-0.3, -0.25) is 4.79 Å². The van der Waals surface area contributed by atoms with Crippen LogP contribution in [0.4, 0.5) is 0 Å². The van der Waals surface area contributed by atoms with Crippen molar-refractivity contribution in [2.45, 2.75) is 33.0 Å². The lowest BCUT2D eigenvalue weighted by atomic mass is 9.86. The van der Waals surface area contributed by atoms with Crippen molar-refractivity contribution >= 4 is 5.91 Å². The Morgan fingerprint density at radius 2 is 1.57 bits per heavy atom. The molecule has 0 aromatic heterocycles. The van der Waals surface area contributed by atoms with Crippen molar-refractivity contribution in [1.29, 1.82) is 0 Å². The van der Waals surface area contributed by atoms with Gasteiger partial charge in [0.2, 0.25) is 0 Å². The molecule has 0 bridgehead atoms. The van der Waals surface area contributed by atoms with E-state index in [1.54, 1.807) is 0 Å². The Morgan fingerprint density at radius 1 is 0.957 bits per heavy atom. The first-order valence-electron chi connectivity index (χ1n) is 8.11. The molecular formula is C20H21NO2. The first-order chi connectivity index (χ1) is 11.0. The van der Waals surface area contributed by atoms with E-state index in [9.17, 15) is 4.79 Å². The highest BCUT2D eigenvalue weighted by atomic mass is 16.5. The average molecular weight is 307 g/mol. The van der Waals surface area contributed by atoms with Crippen molar-refractivity contribution in [1.82, 2.24) is 4.90 Å². The smallest absolute Gasteiger partial charge is 0.257 e. The molecule has 23 heavy (non-hydrogen) atoms. The first-order valence-corrected chi connectivity index (χ1v) is 8.11. The molecular weight excluding hydrogens is 286 g/mol. The quantitative estimate of drug-likeness (QED) is 0.728. The third-order valence-electron chi connectivity index (χ3n) is 4.91. The molecule has 0 radical (unpaired) electrons. The van der Waals surface area contributed by atoms with Gasteiger partial charge in [-0.1, -0.05) is 63.2 Å². The molecule has 0 saturated carbocycles. The van der Waals surface area contributed by atoms with E-state index >= 15 is 0 Å². The van der Waals surface area contributed by atoms with Crippen molar-refractivity contribution in [3.63, 3.8) is 0 Å². The van der Waals surface area contributed by atoms with Crippen molar-refractivity contribution < 1.29 is 9.53 Å². The van der Waals surface area contributed by atoms with Crippen LogP contribution in [-0.2, 0) is 4.74 Å². The predicted molar refractivity (Wildman–Crippen MR) is 90.0 cm³/mol. The van der Waals surface area contributed by atoms with Crippen LogP contribution < -0.4 is 0 Å². The van der Waals surface area contributed by atoms with Gasteiger partial charge in [0.25, 0.3) is 5.91 Å². The molecule has 0 spiro atoms. The number of hydrogen-bond donors (Lipinski definition) is 0. The number of carbonyl (C=O) groups excluding carboxylic acids is 1. The highest BCUT2D eigenvalue weighted by Crippen LogP contribution is 2.45. The van der Waals surface area contributed by atoms with E-state index in [0.29, 0.717) is 6.61 Å². The fourth-order valence-electron chi connectivity index (χ4n) is 3.66. The zero-order valence-corrected chi connectivity index (χ0v) is 13.7. The molecule has 1 saturated heterocycles. The second-order valence-corrected chi connectivity index (χ2v) is 7.41. The monoisotopic (exact) mass is 307 g/mol. The molecule has 3 heteroatoms. The third-order valence-corrected chi connectivity index (χ3v) is 4.91. The zero-order chi connectivity index (χ0) is 16.2. The molecule has 2 aromatic carbocycles. The maximum Gasteiger partial charge on any atom is 0.257 e. The van der Waals surface area contributed by atoms with Crippen LogP contribution >= 0.6 is 0 Å². The number of ether oxygens (including phenoxy) is 1. The van der Waals surface area contributed by atoms with Crippen LogP contribution in [0.1, 0.15) is 42.9 Å². The summed E-state index contributed by atoms with van der Waals surface area (Å²) < 4.78 is 6.11. The average Bonchev–Trinajstić information content (AvgIpc) is 2.95. The van der Waals surface area contributed by atoms with Gasteiger partial charge in [-0.05, 0) is 22.6 Å². The Morgan fingerprint density at radius 3 is 2.26 bits per heavy atom. The van der Waals surface area contributed by atoms with Crippen molar-refractivity contribution in [3.8, 4) is 11.1 Å². The molecule has 2 atom stereocenters.